The number of hydrogen-bond acceptors (Lipinski definition) is 25. The van der Waals surface area contributed by atoms with Crippen molar-refractivity contribution >= 4 is 16.2 Å². The Morgan fingerprint density at radius 1 is 0.632 bits per heavy atom. The van der Waals surface area contributed by atoms with Gasteiger partial charge in [0.1, 0.15) is 60.7 Å². The van der Waals surface area contributed by atoms with E-state index in [1.807, 2.05) is 6.08 Å². The third-order valence-corrected chi connectivity index (χ3v) is 18.7. The van der Waals surface area contributed by atoms with Crippen LogP contribution in [0.2, 0.25) is 0 Å². The van der Waals surface area contributed by atoms with Gasteiger partial charge in [0, 0.05) is 38.5 Å². The SMILES string of the molecule is C=CCC(=C)C[C@@H]1C[C@@H](O)[C@H](C/C=C/CC(=C)/C=C/CC/C=C/CCCCCCCC(C)CCC2OC2CCCC(CC(O)CC(=O)CC(O)CCC(O)[C@@H]2C[C@H](O)[C@H](OS(=O)(=O)[O-])[C@@H](CC(C)O)O2)O[C@@H]2O[C@H](CO[C@@H]3O[C@H](CO)[C@@H](O)[C@H](O)[C@H]3O)[C@@H](O)[C@H](O)[C@H]2O)O1.[Na+]. The van der Waals surface area contributed by atoms with Gasteiger partial charge in [-0.1, -0.05) is 106 Å². The van der Waals surface area contributed by atoms with Crippen LogP contribution in [0.4, 0.5) is 0 Å². The van der Waals surface area contributed by atoms with Crippen molar-refractivity contribution in [3.63, 3.8) is 0 Å². The molecular formula is C68H113NaO25S. The number of aliphatic hydroxyl groups excluding tert-OH is 13. The Morgan fingerprint density at radius 3 is 1.99 bits per heavy atom. The van der Waals surface area contributed by atoms with Crippen LogP contribution in [0, 0.1) is 5.92 Å². The summed E-state index contributed by atoms with van der Waals surface area (Å²) in [6.07, 6.45) is 1.00. The number of aliphatic hydroxyl groups is 13. The molecule has 0 aromatic heterocycles. The molecule has 13 N–H and O–H groups in total. The van der Waals surface area contributed by atoms with Crippen molar-refractivity contribution in [3.05, 3.63) is 73.4 Å². The molecule has 25 nitrogen and oxygen atoms in total. The van der Waals surface area contributed by atoms with Gasteiger partial charge in [0.2, 0.25) is 10.4 Å². The summed E-state index contributed by atoms with van der Waals surface area (Å²) in [4.78, 5) is 13.3. The first-order valence-electron chi connectivity index (χ1n) is 34.1. The number of Topliss-reactive ketones (excluding diaryl/α,β-unsaturated/α-hetero) is 1. The van der Waals surface area contributed by atoms with Crippen molar-refractivity contribution in [2.45, 2.75) is 328 Å². The molecule has 0 aromatic rings. The molecule has 5 aliphatic rings. The topological polar surface area (TPSA) is 414 Å². The second-order valence-corrected chi connectivity index (χ2v) is 27.8. The fourth-order valence-electron chi connectivity index (χ4n) is 12.7. The largest absolute Gasteiger partial charge is 1.00 e. The van der Waals surface area contributed by atoms with Gasteiger partial charge in [-0.05, 0) is 109 Å². The molecule has 0 aromatic carbocycles. The van der Waals surface area contributed by atoms with Gasteiger partial charge >= 0.3 is 29.6 Å². The minimum Gasteiger partial charge on any atom is -0.726 e. The average Bonchev–Trinajstić information content (AvgIpc) is 1.76. The van der Waals surface area contributed by atoms with Gasteiger partial charge in [-0.15, -0.1) is 6.58 Å². The van der Waals surface area contributed by atoms with Crippen LogP contribution in [0.5, 0.6) is 0 Å². The van der Waals surface area contributed by atoms with Crippen molar-refractivity contribution in [2.75, 3.05) is 13.2 Å². The van der Waals surface area contributed by atoms with Crippen LogP contribution >= 0.6 is 0 Å². The van der Waals surface area contributed by atoms with Crippen molar-refractivity contribution in [1.29, 1.82) is 0 Å². The second kappa shape index (κ2) is 44.5. The first-order chi connectivity index (χ1) is 44.7. The molecule has 5 heterocycles. The molecule has 0 bridgehead atoms. The number of carbonyl (C=O) groups excluding carboxylic acids is 1. The van der Waals surface area contributed by atoms with E-state index in [0.717, 1.165) is 81.8 Å². The molecule has 5 fully saturated rings. The molecule has 0 spiro atoms. The number of allylic oxidation sites excluding steroid dienone is 7. The van der Waals surface area contributed by atoms with Crippen molar-refractivity contribution in [3.8, 4) is 0 Å². The Labute approximate surface area is 584 Å². The molecule has 5 saturated heterocycles. The summed E-state index contributed by atoms with van der Waals surface area (Å²) in [5.41, 5.74) is 2.11. The van der Waals surface area contributed by atoms with Crippen LogP contribution in [-0.4, -0.2) is 245 Å². The number of hydrogen-bond donors (Lipinski definition) is 13. The molecule has 25 atom stereocenters. The molecule has 542 valence electrons. The van der Waals surface area contributed by atoms with Gasteiger partial charge in [0.05, 0.1) is 92.6 Å². The summed E-state index contributed by atoms with van der Waals surface area (Å²) >= 11 is 0. The summed E-state index contributed by atoms with van der Waals surface area (Å²) in [7, 11) is -5.26. The fraction of sp³-hybridized carbons (Fsp3) is 0.809. The first kappa shape index (κ1) is 85.6. The smallest absolute Gasteiger partial charge is 0.726 e. The maximum atomic E-state index is 13.3. The fourth-order valence-corrected chi connectivity index (χ4v) is 13.3. The van der Waals surface area contributed by atoms with Crippen LogP contribution < -0.4 is 29.6 Å². The number of ether oxygens (including phenoxy) is 7. The van der Waals surface area contributed by atoms with E-state index in [9.17, 15) is 84.1 Å². The predicted molar refractivity (Wildman–Crippen MR) is 344 cm³/mol. The zero-order valence-corrected chi connectivity index (χ0v) is 58.8. The summed E-state index contributed by atoms with van der Waals surface area (Å²) < 4.78 is 79.4. The van der Waals surface area contributed by atoms with Gasteiger partial charge in [-0.3, -0.25) is 8.98 Å². The van der Waals surface area contributed by atoms with Crippen LogP contribution in [0.25, 0.3) is 0 Å². The molecule has 5 rings (SSSR count). The number of carbonyl (C=O) groups is 1. The number of rotatable bonds is 47. The summed E-state index contributed by atoms with van der Waals surface area (Å²) in [6, 6.07) is 0. The Hall–Kier alpha value is -1.82. The number of epoxide rings is 1. The molecule has 8 unspecified atom stereocenters. The Bertz CT molecular complexity index is 2420. The van der Waals surface area contributed by atoms with Crippen molar-refractivity contribution in [2.24, 2.45) is 5.92 Å². The third kappa shape index (κ3) is 31.5. The molecule has 0 aliphatic carbocycles. The van der Waals surface area contributed by atoms with Gasteiger partial charge < -0.3 is 104 Å². The number of ketones is 1. The maximum Gasteiger partial charge on any atom is 1.00 e. The normalized spacial score (nSPS) is 33.2. The third-order valence-electron chi connectivity index (χ3n) is 18.2. The van der Waals surface area contributed by atoms with E-state index >= 15 is 0 Å². The van der Waals surface area contributed by atoms with Crippen molar-refractivity contribution in [1.82, 2.24) is 0 Å². The van der Waals surface area contributed by atoms with Gasteiger partial charge in [-0.2, -0.15) is 0 Å². The molecule has 0 amide bonds. The zero-order valence-electron chi connectivity index (χ0n) is 56.0. The van der Waals surface area contributed by atoms with E-state index in [-0.39, 0.29) is 92.5 Å². The number of unbranched alkanes of at least 4 members (excludes halogenated alkanes) is 6. The second-order valence-electron chi connectivity index (χ2n) is 26.7. The van der Waals surface area contributed by atoms with Gasteiger partial charge in [0.25, 0.3) is 0 Å². The average molecular weight is 1390 g/mol. The monoisotopic (exact) mass is 1380 g/mol. The molecule has 0 radical (unpaired) electrons. The van der Waals surface area contributed by atoms with E-state index in [2.05, 4.69) is 67.3 Å². The zero-order chi connectivity index (χ0) is 69.1. The molecular weight excluding hydrogens is 1270 g/mol. The molecule has 0 saturated carbocycles. The summed E-state index contributed by atoms with van der Waals surface area (Å²) in [5.74, 6) is -0.0265. The summed E-state index contributed by atoms with van der Waals surface area (Å²) in [6.45, 7) is 14.3. The Morgan fingerprint density at radius 2 is 1.28 bits per heavy atom. The minimum absolute atomic E-state index is 0. The molecule has 27 heteroatoms. The van der Waals surface area contributed by atoms with E-state index in [0.29, 0.717) is 31.6 Å². The summed E-state index contributed by atoms with van der Waals surface area (Å²) in [5, 5.41) is 138. The predicted octanol–water partition coefficient (Wildman–Crippen LogP) is 0.647. The quantitative estimate of drug-likeness (QED) is 0.00756. The van der Waals surface area contributed by atoms with E-state index < -0.39 is 165 Å². The Kier molecular flexibility index (Phi) is 40.1. The Balaban J connectivity index is 0.0000192. The van der Waals surface area contributed by atoms with Crippen LogP contribution in [0.3, 0.4) is 0 Å². The van der Waals surface area contributed by atoms with Gasteiger partial charge in [0.15, 0.2) is 12.6 Å². The van der Waals surface area contributed by atoms with Crippen LogP contribution in [-0.2, 0) is 52.5 Å². The standard InChI is InChI=1S/C68H114O25S.Na/c1-6-21-43(4)32-49-37-51(75)53(87-49)26-19-18-24-41(2)22-16-14-12-10-8-7-9-11-13-15-17-23-42(3)28-31-55-54(89-55)27-20-25-48(88-68-65(82)63(80)61(78)59(92-68)40-86-67-64(81)62(79)60(77)58(39-69)91-67)36-47(73)35-46(72)34-45(71)29-30-50(74)56-38-52(76)66(93-94(83,84)85)57(90-56)33-44(5)70;/h6,8,10,16,18-19,22,42,44-45,47-71,73-82H,1-2,4,7,9,11-15,17,20-21,23-40H2,3,5H3,(H,83,84,85);/q;+1/p-1/b10-8+,19-18+,22-16+;/t42?,44?,45?,47?,48?,49-,50?,51-,52+,53+,54?,55?,56+,57-,58-,59-,60-,61-,62+,63+,64-,65-,66+,67-,68-;/m1./s1. The van der Waals surface area contributed by atoms with Crippen LogP contribution in [0.15, 0.2) is 73.4 Å². The maximum absolute atomic E-state index is 13.3. The first-order valence-corrected chi connectivity index (χ1v) is 35.4. The minimum atomic E-state index is -5.26. The van der Waals surface area contributed by atoms with E-state index in [1.54, 1.807) is 0 Å². The van der Waals surface area contributed by atoms with Crippen molar-refractivity contribution < 1.29 is 151 Å². The van der Waals surface area contributed by atoms with Crippen LogP contribution in [0.1, 0.15) is 181 Å². The molecule has 95 heavy (non-hydrogen) atoms. The van der Waals surface area contributed by atoms with E-state index in [1.165, 1.54) is 26.2 Å². The van der Waals surface area contributed by atoms with Gasteiger partial charge in [-0.25, -0.2) is 8.42 Å². The molecule has 5 aliphatic heterocycles. The van der Waals surface area contributed by atoms with E-state index in [4.69, 9.17) is 33.2 Å².